The van der Waals surface area contributed by atoms with E-state index >= 15 is 0 Å². The lowest BCUT2D eigenvalue weighted by Crippen LogP contribution is -2.36. The molecule has 1 aliphatic heterocycles. The second kappa shape index (κ2) is 7.12. The van der Waals surface area contributed by atoms with Crippen LogP contribution >= 0.6 is 0 Å². The third-order valence-corrected chi connectivity index (χ3v) is 5.20. The van der Waals surface area contributed by atoms with Gasteiger partial charge in [-0.25, -0.2) is 0 Å². The molecule has 1 unspecified atom stereocenters. The van der Waals surface area contributed by atoms with Crippen molar-refractivity contribution < 1.29 is 9.59 Å². The Labute approximate surface area is 147 Å². The van der Waals surface area contributed by atoms with Gasteiger partial charge in [0.15, 0.2) is 5.78 Å². The van der Waals surface area contributed by atoms with Crippen LogP contribution in [0, 0.1) is 11.3 Å². The van der Waals surface area contributed by atoms with E-state index in [1.165, 1.54) is 18.9 Å². The first-order valence-electron chi connectivity index (χ1n) is 9.14. The molecule has 0 saturated carbocycles. The quantitative estimate of drug-likeness (QED) is 0.774. The zero-order valence-electron chi connectivity index (χ0n) is 15.0. The minimum atomic E-state index is -0.416. The summed E-state index contributed by atoms with van der Waals surface area (Å²) < 4.78 is 0. The topological polar surface area (TPSA) is 91.1 Å². The molecular weight excluding hydrogens is 318 g/mol. The normalized spacial score (nSPS) is 22.3. The number of carbonyl (C=O) groups is 2. The number of Topliss-reactive ketones (excluding diaryl/α,β-unsaturated/α-hetero) is 1. The fourth-order valence-corrected chi connectivity index (χ4v) is 3.85. The predicted molar refractivity (Wildman–Crippen MR) is 96.0 cm³/mol. The Morgan fingerprint density at radius 2 is 2.12 bits per heavy atom. The Kier molecular flexibility index (Phi) is 5.08. The summed E-state index contributed by atoms with van der Waals surface area (Å²) in [4.78, 5) is 39.7. The molecule has 1 aromatic rings. The molecule has 1 aromatic heterocycles. The second-order valence-electron chi connectivity index (χ2n) is 8.10. The Balaban J connectivity index is 1.68. The number of ketones is 1. The monoisotopic (exact) mass is 345 g/mol. The number of aromatic amines is 1. The molecule has 0 bridgehead atoms. The maximum atomic E-state index is 12.4. The number of rotatable bonds is 4. The molecule has 0 radical (unpaired) electrons. The number of pyridine rings is 1. The van der Waals surface area contributed by atoms with E-state index in [0.29, 0.717) is 36.6 Å². The zero-order chi connectivity index (χ0) is 18.0. The van der Waals surface area contributed by atoms with Crippen molar-refractivity contribution in [2.45, 2.75) is 46.0 Å². The smallest absolute Gasteiger partial charge is 0.261 e. The van der Waals surface area contributed by atoms with E-state index < -0.39 is 11.5 Å². The van der Waals surface area contributed by atoms with Crippen LogP contribution in [0.25, 0.3) is 0 Å². The van der Waals surface area contributed by atoms with Gasteiger partial charge in [-0.3, -0.25) is 14.4 Å². The van der Waals surface area contributed by atoms with Crippen LogP contribution in [0.2, 0.25) is 0 Å². The lowest BCUT2D eigenvalue weighted by molar-refractivity contribution is 0.0910. The van der Waals surface area contributed by atoms with Crippen LogP contribution in [0.1, 0.15) is 65.9 Å². The zero-order valence-corrected chi connectivity index (χ0v) is 15.0. The Morgan fingerprint density at radius 3 is 2.84 bits per heavy atom. The molecule has 1 atom stereocenters. The molecule has 0 aromatic carbocycles. The van der Waals surface area contributed by atoms with Gasteiger partial charge in [-0.1, -0.05) is 13.8 Å². The maximum Gasteiger partial charge on any atom is 0.261 e. The number of fused-ring (bicyclic) bond motifs is 1. The number of aromatic nitrogens is 1. The molecule has 6 nitrogen and oxygen atoms in total. The first-order valence-corrected chi connectivity index (χ1v) is 9.14. The fraction of sp³-hybridized carbons (Fsp3) is 0.632. The summed E-state index contributed by atoms with van der Waals surface area (Å²) in [6, 6.07) is 1.48. The minimum Gasteiger partial charge on any atom is -0.352 e. The number of nitrogens with one attached hydrogen (secondary N) is 3. The predicted octanol–water partition coefficient (Wildman–Crippen LogP) is 1.65. The first kappa shape index (κ1) is 17.9. The summed E-state index contributed by atoms with van der Waals surface area (Å²) in [5.41, 5.74) is 0.594. The Bertz CT molecular complexity index is 730. The van der Waals surface area contributed by atoms with Crippen LogP contribution in [-0.4, -0.2) is 36.3 Å². The molecule has 3 N–H and O–H groups in total. The molecule has 1 fully saturated rings. The summed E-state index contributed by atoms with van der Waals surface area (Å²) >= 11 is 0. The molecule has 1 amide bonds. The average Bonchev–Trinajstić information content (AvgIpc) is 2.54. The fourth-order valence-electron chi connectivity index (χ4n) is 3.85. The molecule has 1 aliphatic carbocycles. The molecule has 1 saturated heterocycles. The molecule has 136 valence electrons. The standard InChI is InChI=1S/C19H27N3O3/c1-19(2)9-15-13(16(23)10-19)8-14(18(25)22-15)17(24)21-7-5-12-4-3-6-20-11-12/h8,12,20H,3-7,9-11H2,1-2H3,(H,21,24)(H,22,25). The summed E-state index contributed by atoms with van der Waals surface area (Å²) in [5.74, 6) is 0.162. The number of hydrogen-bond donors (Lipinski definition) is 3. The highest BCUT2D eigenvalue weighted by Gasteiger charge is 2.32. The van der Waals surface area contributed by atoms with Crippen LogP contribution in [0.3, 0.4) is 0 Å². The summed E-state index contributed by atoms with van der Waals surface area (Å²) in [7, 11) is 0. The first-order chi connectivity index (χ1) is 11.9. The Morgan fingerprint density at radius 1 is 1.32 bits per heavy atom. The van der Waals surface area contributed by atoms with Gasteiger partial charge < -0.3 is 15.6 Å². The molecular formula is C19H27N3O3. The maximum absolute atomic E-state index is 12.4. The van der Waals surface area contributed by atoms with Crippen molar-refractivity contribution in [3.05, 3.63) is 33.2 Å². The van der Waals surface area contributed by atoms with Crippen molar-refractivity contribution in [1.29, 1.82) is 0 Å². The van der Waals surface area contributed by atoms with E-state index in [0.717, 1.165) is 19.5 Å². The van der Waals surface area contributed by atoms with Crippen molar-refractivity contribution >= 4 is 11.7 Å². The van der Waals surface area contributed by atoms with Gasteiger partial charge in [0, 0.05) is 24.2 Å². The van der Waals surface area contributed by atoms with Gasteiger partial charge in [0.25, 0.3) is 11.5 Å². The third kappa shape index (κ3) is 4.18. The number of piperidine rings is 1. The van der Waals surface area contributed by atoms with E-state index in [1.807, 2.05) is 13.8 Å². The lowest BCUT2D eigenvalue weighted by Gasteiger charge is -2.29. The van der Waals surface area contributed by atoms with Crippen molar-refractivity contribution in [2.75, 3.05) is 19.6 Å². The minimum absolute atomic E-state index is 0.00942. The van der Waals surface area contributed by atoms with Crippen molar-refractivity contribution in [1.82, 2.24) is 15.6 Å². The summed E-state index contributed by atoms with van der Waals surface area (Å²) in [5, 5.41) is 6.18. The molecule has 3 rings (SSSR count). The highest BCUT2D eigenvalue weighted by molar-refractivity contribution is 6.02. The van der Waals surface area contributed by atoms with Crippen LogP contribution in [0.15, 0.2) is 10.9 Å². The van der Waals surface area contributed by atoms with E-state index in [9.17, 15) is 14.4 Å². The third-order valence-electron chi connectivity index (χ3n) is 5.20. The van der Waals surface area contributed by atoms with Crippen LogP contribution in [-0.2, 0) is 6.42 Å². The van der Waals surface area contributed by atoms with Crippen molar-refractivity contribution in [2.24, 2.45) is 11.3 Å². The molecule has 2 heterocycles. The SMILES string of the molecule is CC1(C)CC(=O)c2cc(C(=O)NCCC3CCCNC3)c(=O)[nH]c2C1. The van der Waals surface area contributed by atoms with E-state index in [1.54, 1.807) is 0 Å². The molecule has 25 heavy (non-hydrogen) atoms. The van der Waals surface area contributed by atoms with Gasteiger partial charge in [0.2, 0.25) is 0 Å². The van der Waals surface area contributed by atoms with Gasteiger partial charge in [-0.15, -0.1) is 0 Å². The van der Waals surface area contributed by atoms with Gasteiger partial charge in [-0.05, 0) is 56.2 Å². The van der Waals surface area contributed by atoms with Gasteiger partial charge >= 0.3 is 0 Å². The lowest BCUT2D eigenvalue weighted by atomic mass is 9.75. The summed E-state index contributed by atoms with van der Waals surface area (Å²) in [6.45, 7) is 6.61. The molecule has 0 spiro atoms. The molecule has 6 heteroatoms. The number of amides is 1. The highest BCUT2D eigenvalue weighted by atomic mass is 16.2. The van der Waals surface area contributed by atoms with E-state index in [-0.39, 0.29) is 16.8 Å². The average molecular weight is 345 g/mol. The number of carbonyl (C=O) groups excluding carboxylic acids is 2. The largest absolute Gasteiger partial charge is 0.352 e. The number of hydrogen-bond acceptors (Lipinski definition) is 4. The van der Waals surface area contributed by atoms with E-state index in [2.05, 4.69) is 15.6 Å². The van der Waals surface area contributed by atoms with E-state index in [4.69, 9.17) is 0 Å². The van der Waals surface area contributed by atoms with Crippen LogP contribution < -0.4 is 16.2 Å². The van der Waals surface area contributed by atoms with Gasteiger partial charge in [-0.2, -0.15) is 0 Å². The second-order valence-corrected chi connectivity index (χ2v) is 8.10. The Hall–Kier alpha value is -1.95. The molecule has 2 aliphatic rings. The van der Waals surface area contributed by atoms with Crippen molar-refractivity contribution in [3.63, 3.8) is 0 Å². The van der Waals surface area contributed by atoms with Gasteiger partial charge in [0.05, 0.1) is 0 Å². The van der Waals surface area contributed by atoms with Crippen molar-refractivity contribution in [3.8, 4) is 0 Å². The van der Waals surface area contributed by atoms with Crippen LogP contribution in [0.4, 0.5) is 0 Å². The van der Waals surface area contributed by atoms with Gasteiger partial charge in [0.1, 0.15) is 5.56 Å². The number of H-pyrrole nitrogens is 1. The highest BCUT2D eigenvalue weighted by Crippen LogP contribution is 2.33. The van der Waals surface area contributed by atoms with Crippen LogP contribution in [0.5, 0.6) is 0 Å². The summed E-state index contributed by atoms with van der Waals surface area (Å²) in [6.07, 6.45) is 4.31.